The van der Waals surface area contributed by atoms with Crippen LogP contribution in [0.2, 0.25) is 0 Å². The van der Waals surface area contributed by atoms with Crippen molar-refractivity contribution in [2.75, 3.05) is 13.2 Å². The number of hydrogen-bond donors (Lipinski definition) is 1. The van der Waals surface area contributed by atoms with Gasteiger partial charge >= 0.3 is 0 Å². The van der Waals surface area contributed by atoms with Crippen LogP contribution in [0, 0.1) is 0 Å². The summed E-state index contributed by atoms with van der Waals surface area (Å²) in [6.07, 6.45) is 5.43. The Morgan fingerprint density at radius 3 is 2.84 bits per heavy atom. The average Bonchev–Trinajstić information content (AvgIpc) is 2.94. The summed E-state index contributed by atoms with van der Waals surface area (Å²) < 4.78 is 13.3. The van der Waals surface area contributed by atoms with E-state index in [1.807, 2.05) is 35.9 Å². The highest BCUT2D eigenvalue weighted by Crippen LogP contribution is 2.28. The van der Waals surface area contributed by atoms with E-state index in [0.717, 1.165) is 23.6 Å². The molecule has 19 heavy (non-hydrogen) atoms. The monoisotopic (exact) mass is 261 g/mol. The molecule has 2 aromatic rings. The summed E-state index contributed by atoms with van der Waals surface area (Å²) in [5.74, 6) is 1.50. The molecule has 0 radical (unpaired) electrons. The Hall–Kier alpha value is -2.01. The van der Waals surface area contributed by atoms with Gasteiger partial charge in [-0.05, 0) is 24.6 Å². The second-order valence-electron chi connectivity index (χ2n) is 4.07. The van der Waals surface area contributed by atoms with E-state index in [1.54, 1.807) is 12.5 Å². The number of aromatic nitrogens is 2. The SMILES string of the molecule is CCOc1cc(CN)ccc1OCCn1ccnc1. The Balaban J connectivity index is 1.98. The van der Waals surface area contributed by atoms with Gasteiger partial charge in [-0.3, -0.25) is 0 Å². The van der Waals surface area contributed by atoms with E-state index in [4.69, 9.17) is 15.2 Å². The number of imidazole rings is 1. The highest BCUT2D eigenvalue weighted by molar-refractivity contribution is 5.43. The van der Waals surface area contributed by atoms with Crippen LogP contribution in [0.3, 0.4) is 0 Å². The van der Waals surface area contributed by atoms with Crippen molar-refractivity contribution >= 4 is 0 Å². The van der Waals surface area contributed by atoms with Crippen LogP contribution in [0.4, 0.5) is 0 Å². The summed E-state index contributed by atoms with van der Waals surface area (Å²) in [4.78, 5) is 3.99. The van der Waals surface area contributed by atoms with Crippen molar-refractivity contribution in [2.24, 2.45) is 5.73 Å². The number of benzene rings is 1. The highest BCUT2D eigenvalue weighted by Gasteiger charge is 2.06. The zero-order valence-electron chi connectivity index (χ0n) is 11.1. The molecule has 1 aromatic carbocycles. The fraction of sp³-hybridized carbons (Fsp3) is 0.357. The van der Waals surface area contributed by atoms with Gasteiger partial charge < -0.3 is 19.8 Å². The van der Waals surface area contributed by atoms with Gasteiger partial charge in [0.15, 0.2) is 11.5 Å². The van der Waals surface area contributed by atoms with Crippen molar-refractivity contribution in [2.45, 2.75) is 20.0 Å². The third-order valence-corrected chi connectivity index (χ3v) is 2.71. The van der Waals surface area contributed by atoms with Crippen LogP contribution in [0.1, 0.15) is 12.5 Å². The molecule has 1 aromatic heterocycles. The smallest absolute Gasteiger partial charge is 0.161 e. The Bertz CT molecular complexity index is 497. The molecule has 0 bridgehead atoms. The van der Waals surface area contributed by atoms with E-state index in [9.17, 15) is 0 Å². The van der Waals surface area contributed by atoms with Crippen molar-refractivity contribution < 1.29 is 9.47 Å². The van der Waals surface area contributed by atoms with Gasteiger partial charge in [-0.2, -0.15) is 0 Å². The topological polar surface area (TPSA) is 62.3 Å². The molecule has 2 N–H and O–H groups in total. The van der Waals surface area contributed by atoms with Crippen LogP contribution in [-0.4, -0.2) is 22.8 Å². The largest absolute Gasteiger partial charge is 0.490 e. The number of ether oxygens (including phenoxy) is 2. The van der Waals surface area contributed by atoms with Gasteiger partial charge in [0.25, 0.3) is 0 Å². The molecule has 2 rings (SSSR count). The number of nitrogens with zero attached hydrogens (tertiary/aromatic N) is 2. The molecule has 0 saturated carbocycles. The van der Waals surface area contributed by atoms with Crippen LogP contribution in [0.25, 0.3) is 0 Å². The molecule has 0 aliphatic rings. The fourth-order valence-corrected chi connectivity index (χ4v) is 1.75. The molecular weight excluding hydrogens is 242 g/mol. The third kappa shape index (κ3) is 3.72. The number of rotatable bonds is 7. The minimum Gasteiger partial charge on any atom is -0.490 e. The lowest BCUT2D eigenvalue weighted by molar-refractivity contribution is 0.266. The van der Waals surface area contributed by atoms with E-state index < -0.39 is 0 Å². The molecule has 0 spiro atoms. The van der Waals surface area contributed by atoms with E-state index in [2.05, 4.69) is 4.98 Å². The van der Waals surface area contributed by atoms with Crippen LogP contribution in [0.5, 0.6) is 11.5 Å². The van der Waals surface area contributed by atoms with Crippen LogP contribution >= 0.6 is 0 Å². The first kappa shape index (κ1) is 13.4. The zero-order chi connectivity index (χ0) is 13.5. The van der Waals surface area contributed by atoms with Crippen LogP contribution in [0.15, 0.2) is 36.9 Å². The molecule has 0 fully saturated rings. The lowest BCUT2D eigenvalue weighted by atomic mass is 10.2. The fourth-order valence-electron chi connectivity index (χ4n) is 1.75. The third-order valence-electron chi connectivity index (χ3n) is 2.71. The van der Waals surface area contributed by atoms with Crippen molar-refractivity contribution in [3.8, 4) is 11.5 Å². The van der Waals surface area contributed by atoms with Gasteiger partial charge in [0.1, 0.15) is 6.61 Å². The predicted octanol–water partition coefficient (Wildman–Crippen LogP) is 1.82. The summed E-state index contributed by atoms with van der Waals surface area (Å²) in [6.45, 7) is 4.37. The minimum atomic E-state index is 0.495. The molecule has 0 aliphatic heterocycles. The van der Waals surface area contributed by atoms with Crippen molar-refractivity contribution in [1.82, 2.24) is 9.55 Å². The maximum absolute atomic E-state index is 5.75. The van der Waals surface area contributed by atoms with Crippen molar-refractivity contribution in [3.63, 3.8) is 0 Å². The molecular formula is C14H19N3O2. The first-order valence-electron chi connectivity index (χ1n) is 6.37. The molecule has 102 valence electrons. The van der Waals surface area contributed by atoms with Crippen molar-refractivity contribution in [1.29, 1.82) is 0 Å². The molecule has 5 nitrogen and oxygen atoms in total. The Morgan fingerprint density at radius 1 is 1.26 bits per heavy atom. The van der Waals surface area contributed by atoms with Gasteiger partial charge in [-0.25, -0.2) is 4.98 Å². The molecule has 0 aliphatic carbocycles. The molecule has 1 heterocycles. The zero-order valence-corrected chi connectivity index (χ0v) is 11.1. The minimum absolute atomic E-state index is 0.495. The molecule has 0 saturated heterocycles. The lowest BCUT2D eigenvalue weighted by Crippen LogP contribution is -2.08. The van der Waals surface area contributed by atoms with E-state index in [0.29, 0.717) is 19.8 Å². The standard InChI is InChI=1S/C14H19N3O2/c1-2-18-14-9-12(10-15)3-4-13(14)19-8-7-17-6-5-16-11-17/h3-6,9,11H,2,7-8,10,15H2,1H3. The molecule has 0 amide bonds. The number of nitrogens with two attached hydrogens (primary N) is 1. The van der Waals surface area contributed by atoms with Crippen LogP contribution in [-0.2, 0) is 13.1 Å². The van der Waals surface area contributed by atoms with E-state index in [-0.39, 0.29) is 0 Å². The van der Waals surface area contributed by atoms with Gasteiger partial charge in [0.2, 0.25) is 0 Å². The maximum Gasteiger partial charge on any atom is 0.161 e. The van der Waals surface area contributed by atoms with E-state index in [1.165, 1.54) is 0 Å². The van der Waals surface area contributed by atoms with Gasteiger partial charge in [0.05, 0.1) is 19.5 Å². The lowest BCUT2D eigenvalue weighted by Gasteiger charge is -2.13. The Kier molecular flexibility index (Phi) is 4.80. The summed E-state index contributed by atoms with van der Waals surface area (Å²) >= 11 is 0. The van der Waals surface area contributed by atoms with Gasteiger partial charge in [-0.1, -0.05) is 6.07 Å². The summed E-state index contributed by atoms with van der Waals surface area (Å²) in [5, 5.41) is 0. The second kappa shape index (κ2) is 6.80. The summed E-state index contributed by atoms with van der Waals surface area (Å²) in [6, 6.07) is 5.78. The quantitative estimate of drug-likeness (QED) is 0.825. The Morgan fingerprint density at radius 2 is 2.16 bits per heavy atom. The van der Waals surface area contributed by atoms with E-state index >= 15 is 0 Å². The first-order valence-corrected chi connectivity index (χ1v) is 6.37. The van der Waals surface area contributed by atoms with Gasteiger partial charge in [-0.15, -0.1) is 0 Å². The maximum atomic E-state index is 5.75. The molecule has 0 atom stereocenters. The average molecular weight is 261 g/mol. The number of hydrogen-bond acceptors (Lipinski definition) is 4. The van der Waals surface area contributed by atoms with Crippen molar-refractivity contribution in [3.05, 3.63) is 42.5 Å². The predicted molar refractivity (Wildman–Crippen MR) is 73.2 cm³/mol. The first-order chi connectivity index (χ1) is 9.33. The highest BCUT2D eigenvalue weighted by atomic mass is 16.5. The summed E-state index contributed by atoms with van der Waals surface area (Å²) in [7, 11) is 0. The molecule has 0 unspecified atom stereocenters. The second-order valence-corrected chi connectivity index (χ2v) is 4.07. The Labute approximate surface area is 113 Å². The molecule has 5 heteroatoms. The van der Waals surface area contributed by atoms with Crippen LogP contribution < -0.4 is 15.2 Å². The summed E-state index contributed by atoms with van der Waals surface area (Å²) in [5.41, 5.74) is 6.66. The van der Waals surface area contributed by atoms with Gasteiger partial charge in [0, 0.05) is 18.9 Å². The normalized spacial score (nSPS) is 10.4.